The number of rotatable bonds is 4. The molecule has 0 aliphatic rings. The number of carbonyl (C=O) groups excluding carboxylic acids is 1. The van der Waals surface area contributed by atoms with Crippen molar-refractivity contribution in [3.63, 3.8) is 0 Å². The van der Waals surface area contributed by atoms with Crippen LogP contribution in [0.1, 0.15) is 28.7 Å². The Kier molecular flexibility index (Phi) is 4.84. The molecule has 1 rings (SSSR count). The predicted molar refractivity (Wildman–Crippen MR) is 70.6 cm³/mol. The van der Waals surface area contributed by atoms with E-state index in [0.717, 1.165) is 11.3 Å². The molecule has 0 aromatic carbocycles. The largest absolute Gasteiger partial charge is 0.480 e. The van der Waals surface area contributed by atoms with E-state index in [1.54, 1.807) is 6.92 Å². The molecule has 0 aliphatic carbocycles. The third-order valence-corrected chi connectivity index (χ3v) is 3.22. The van der Waals surface area contributed by atoms with Gasteiger partial charge in [0.05, 0.1) is 0 Å². The van der Waals surface area contributed by atoms with Crippen LogP contribution < -0.4 is 0 Å². The average Bonchev–Trinajstić information content (AvgIpc) is 2.29. The van der Waals surface area contributed by atoms with E-state index < -0.39 is 5.97 Å². The molecular formula is C12H15BrN2O3. The summed E-state index contributed by atoms with van der Waals surface area (Å²) in [5, 5.41) is 8.75. The molecule has 0 spiro atoms. The molecule has 5 nitrogen and oxygen atoms in total. The Morgan fingerprint density at radius 1 is 1.44 bits per heavy atom. The van der Waals surface area contributed by atoms with Crippen molar-refractivity contribution in [1.29, 1.82) is 0 Å². The van der Waals surface area contributed by atoms with E-state index in [0.29, 0.717) is 11.0 Å². The van der Waals surface area contributed by atoms with Gasteiger partial charge in [-0.25, -0.2) is 4.98 Å². The Hall–Kier alpha value is -1.43. The van der Waals surface area contributed by atoms with E-state index in [1.165, 1.54) is 4.90 Å². The highest BCUT2D eigenvalue weighted by atomic mass is 79.9. The first kappa shape index (κ1) is 14.6. The van der Waals surface area contributed by atoms with Crippen LogP contribution in [-0.2, 0) is 4.79 Å². The number of amides is 1. The summed E-state index contributed by atoms with van der Waals surface area (Å²) in [7, 11) is 0. The number of carbonyl (C=O) groups is 2. The van der Waals surface area contributed by atoms with Crippen LogP contribution >= 0.6 is 15.9 Å². The summed E-state index contributed by atoms with van der Waals surface area (Å²) in [5.74, 6) is -1.42. The quantitative estimate of drug-likeness (QED) is 0.922. The number of aryl methyl sites for hydroxylation is 2. The molecule has 1 amide bonds. The summed E-state index contributed by atoms with van der Waals surface area (Å²) in [6.07, 6.45) is 0. The molecule has 1 heterocycles. The molecule has 98 valence electrons. The summed E-state index contributed by atoms with van der Waals surface area (Å²) >= 11 is 3.29. The lowest BCUT2D eigenvalue weighted by Crippen LogP contribution is -2.36. The van der Waals surface area contributed by atoms with Crippen LogP contribution in [0.3, 0.4) is 0 Å². The smallest absolute Gasteiger partial charge is 0.323 e. The second-order valence-electron chi connectivity index (χ2n) is 3.93. The van der Waals surface area contributed by atoms with Gasteiger partial charge in [0.25, 0.3) is 5.91 Å². The van der Waals surface area contributed by atoms with Crippen LogP contribution in [0.2, 0.25) is 0 Å². The highest BCUT2D eigenvalue weighted by Gasteiger charge is 2.21. The van der Waals surface area contributed by atoms with Crippen LogP contribution in [0.4, 0.5) is 0 Å². The fourth-order valence-corrected chi connectivity index (χ4v) is 2.06. The summed E-state index contributed by atoms with van der Waals surface area (Å²) in [6, 6.07) is 1.81. The number of hydrogen-bond donors (Lipinski definition) is 1. The minimum atomic E-state index is -1.04. The molecular weight excluding hydrogens is 300 g/mol. The molecule has 18 heavy (non-hydrogen) atoms. The Balaban J connectivity index is 3.09. The molecule has 6 heteroatoms. The average molecular weight is 315 g/mol. The van der Waals surface area contributed by atoms with Crippen molar-refractivity contribution in [2.24, 2.45) is 0 Å². The standard InChI is InChI=1S/C12H15BrN2O3/c1-4-15(6-10(16)17)12(18)11-9(13)5-7(2)8(3)14-11/h5H,4,6H2,1-3H3,(H,16,17). The monoisotopic (exact) mass is 314 g/mol. The van der Waals surface area contributed by atoms with Crippen molar-refractivity contribution in [2.75, 3.05) is 13.1 Å². The van der Waals surface area contributed by atoms with Gasteiger partial charge in [-0.2, -0.15) is 0 Å². The Morgan fingerprint density at radius 2 is 2.06 bits per heavy atom. The van der Waals surface area contributed by atoms with Crippen LogP contribution in [0, 0.1) is 13.8 Å². The summed E-state index contributed by atoms with van der Waals surface area (Å²) in [6.45, 7) is 5.45. The van der Waals surface area contributed by atoms with Crippen LogP contribution in [0.15, 0.2) is 10.5 Å². The lowest BCUT2D eigenvalue weighted by atomic mass is 10.2. The second-order valence-corrected chi connectivity index (χ2v) is 4.79. The van der Waals surface area contributed by atoms with E-state index in [-0.39, 0.29) is 18.1 Å². The Labute approximate surface area is 114 Å². The first-order valence-electron chi connectivity index (χ1n) is 5.51. The normalized spacial score (nSPS) is 10.2. The number of pyridine rings is 1. The highest BCUT2D eigenvalue weighted by Crippen LogP contribution is 2.19. The van der Waals surface area contributed by atoms with E-state index >= 15 is 0 Å². The van der Waals surface area contributed by atoms with Gasteiger partial charge in [0.15, 0.2) is 0 Å². The Bertz CT molecular complexity index is 488. The van der Waals surface area contributed by atoms with Gasteiger partial charge in [-0.3, -0.25) is 9.59 Å². The third-order valence-electron chi connectivity index (χ3n) is 2.62. The number of carboxylic acid groups (broad SMARTS) is 1. The summed E-state index contributed by atoms with van der Waals surface area (Å²) < 4.78 is 0.583. The fourth-order valence-electron chi connectivity index (χ4n) is 1.46. The maximum Gasteiger partial charge on any atom is 0.323 e. The molecule has 1 aromatic heterocycles. The summed E-state index contributed by atoms with van der Waals surface area (Å²) in [5.41, 5.74) is 1.98. The zero-order valence-corrected chi connectivity index (χ0v) is 12.1. The number of aromatic nitrogens is 1. The van der Waals surface area contributed by atoms with E-state index in [2.05, 4.69) is 20.9 Å². The van der Waals surface area contributed by atoms with Crippen molar-refractivity contribution in [3.05, 3.63) is 27.5 Å². The van der Waals surface area contributed by atoms with Crippen molar-refractivity contribution in [2.45, 2.75) is 20.8 Å². The summed E-state index contributed by atoms with van der Waals surface area (Å²) in [4.78, 5) is 28.3. The second kappa shape index (κ2) is 5.95. The molecule has 0 fully saturated rings. The van der Waals surface area contributed by atoms with Crippen LogP contribution in [0.25, 0.3) is 0 Å². The maximum atomic E-state index is 12.2. The van der Waals surface area contributed by atoms with Crippen molar-refractivity contribution in [1.82, 2.24) is 9.88 Å². The van der Waals surface area contributed by atoms with Gasteiger partial charge >= 0.3 is 5.97 Å². The molecule has 0 unspecified atom stereocenters. The molecule has 0 radical (unpaired) electrons. The zero-order valence-electron chi connectivity index (χ0n) is 10.5. The number of nitrogens with zero attached hydrogens (tertiary/aromatic N) is 2. The maximum absolute atomic E-state index is 12.2. The number of carboxylic acids is 1. The van der Waals surface area contributed by atoms with Crippen molar-refractivity contribution in [3.8, 4) is 0 Å². The highest BCUT2D eigenvalue weighted by molar-refractivity contribution is 9.10. The molecule has 0 bridgehead atoms. The van der Waals surface area contributed by atoms with Crippen molar-refractivity contribution >= 4 is 27.8 Å². The SMILES string of the molecule is CCN(CC(=O)O)C(=O)c1nc(C)c(C)cc1Br. The lowest BCUT2D eigenvalue weighted by Gasteiger charge is -2.19. The van der Waals surface area contributed by atoms with Crippen LogP contribution in [-0.4, -0.2) is 40.0 Å². The minimum Gasteiger partial charge on any atom is -0.480 e. The van der Waals surface area contributed by atoms with Gasteiger partial charge in [0, 0.05) is 16.7 Å². The molecule has 0 atom stereocenters. The zero-order chi connectivity index (χ0) is 13.9. The van der Waals surface area contributed by atoms with Gasteiger partial charge in [-0.15, -0.1) is 0 Å². The fraction of sp³-hybridized carbons (Fsp3) is 0.417. The van der Waals surface area contributed by atoms with Gasteiger partial charge in [0.1, 0.15) is 12.2 Å². The van der Waals surface area contributed by atoms with E-state index in [1.807, 2.05) is 19.9 Å². The van der Waals surface area contributed by atoms with Gasteiger partial charge in [-0.05, 0) is 48.3 Å². The van der Waals surface area contributed by atoms with Crippen molar-refractivity contribution < 1.29 is 14.7 Å². The third kappa shape index (κ3) is 3.29. The van der Waals surface area contributed by atoms with Gasteiger partial charge < -0.3 is 10.0 Å². The Morgan fingerprint density at radius 3 is 2.56 bits per heavy atom. The first-order chi connectivity index (χ1) is 8.36. The predicted octanol–water partition coefficient (Wildman–Crippen LogP) is 2.01. The number of aliphatic carboxylic acids is 1. The van der Waals surface area contributed by atoms with Gasteiger partial charge in [-0.1, -0.05) is 0 Å². The number of likely N-dealkylation sites (N-methyl/N-ethyl adjacent to an activating group) is 1. The van der Waals surface area contributed by atoms with Gasteiger partial charge in [0.2, 0.25) is 0 Å². The lowest BCUT2D eigenvalue weighted by molar-refractivity contribution is -0.137. The number of hydrogen-bond acceptors (Lipinski definition) is 3. The molecule has 1 N–H and O–H groups in total. The molecule has 1 aromatic rings. The molecule has 0 saturated heterocycles. The topological polar surface area (TPSA) is 70.5 Å². The van der Waals surface area contributed by atoms with E-state index in [4.69, 9.17) is 5.11 Å². The molecule has 0 saturated carbocycles. The number of halogens is 1. The minimum absolute atomic E-state index is 0.251. The molecule has 0 aliphatic heterocycles. The first-order valence-corrected chi connectivity index (χ1v) is 6.31. The van der Waals surface area contributed by atoms with Crippen LogP contribution in [0.5, 0.6) is 0 Å². The van der Waals surface area contributed by atoms with E-state index in [9.17, 15) is 9.59 Å².